The van der Waals surface area contributed by atoms with Crippen LogP contribution in [0.5, 0.6) is 5.75 Å². The smallest absolute Gasteiger partial charge is 0.254 e. The number of amides is 3. The molecule has 0 saturated carbocycles. The zero-order chi connectivity index (χ0) is 23.6. The highest BCUT2D eigenvalue weighted by Crippen LogP contribution is 2.26. The summed E-state index contributed by atoms with van der Waals surface area (Å²) in [6, 6.07) is 4.89. The fourth-order valence-corrected chi connectivity index (χ4v) is 3.49. The van der Waals surface area contributed by atoms with E-state index in [9.17, 15) is 14.4 Å². The fraction of sp³-hybridized carbons (Fsp3) is 0.318. The van der Waals surface area contributed by atoms with E-state index in [0.717, 1.165) is 11.3 Å². The van der Waals surface area contributed by atoms with E-state index < -0.39 is 5.91 Å². The number of nitrogens with zero attached hydrogens (tertiary/aromatic N) is 4. The summed E-state index contributed by atoms with van der Waals surface area (Å²) in [5, 5.41) is 7.02. The second kappa shape index (κ2) is 9.04. The van der Waals surface area contributed by atoms with Gasteiger partial charge in [0, 0.05) is 37.5 Å². The minimum absolute atomic E-state index is 0.174. The molecule has 32 heavy (non-hydrogen) atoms. The summed E-state index contributed by atoms with van der Waals surface area (Å²) in [6.45, 7) is 3.67. The molecule has 0 aliphatic heterocycles. The van der Waals surface area contributed by atoms with Crippen molar-refractivity contribution in [2.24, 2.45) is 5.73 Å². The van der Waals surface area contributed by atoms with Gasteiger partial charge in [0.2, 0.25) is 5.91 Å². The van der Waals surface area contributed by atoms with E-state index in [1.54, 1.807) is 36.8 Å². The van der Waals surface area contributed by atoms with Crippen LogP contribution < -0.4 is 15.8 Å². The number of carbonyl (C=O) groups excluding carboxylic acids is 3. The first kappa shape index (κ1) is 22.7. The molecule has 0 atom stereocenters. The summed E-state index contributed by atoms with van der Waals surface area (Å²) in [5.74, 6) is -0.555. The largest absolute Gasteiger partial charge is 0.495 e. The van der Waals surface area contributed by atoms with Gasteiger partial charge in [-0.2, -0.15) is 5.10 Å². The van der Waals surface area contributed by atoms with E-state index in [-0.39, 0.29) is 23.8 Å². The molecule has 2 heterocycles. The summed E-state index contributed by atoms with van der Waals surface area (Å²) in [4.78, 5) is 42.4. The number of carbonyl (C=O) groups is 3. The van der Waals surface area contributed by atoms with E-state index in [4.69, 9.17) is 10.5 Å². The minimum Gasteiger partial charge on any atom is -0.495 e. The van der Waals surface area contributed by atoms with Crippen molar-refractivity contribution < 1.29 is 19.1 Å². The number of aromatic nitrogens is 3. The first-order valence-corrected chi connectivity index (χ1v) is 9.97. The molecule has 0 aliphatic carbocycles. The van der Waals surface area contributed by atoms with E-state index in [2.05, 4.69) is 15.4 Å². The van der Waals surface area contributed by atoms with Crippen molar-refractivity contribution in [3.8, 4) is 5.75 Å². The van der Waals surface area contributed by atoms with Crippen LogP contribution in [0.25, 0.3) is 5.65 Å². The molecule has 3 rings (SSSR count). The van der Waals surface area contributed by atoms with Gasteiger partial charge in [-0.3, -0.25) is 14.4 Å². The minimum atomic E-state index is -0.595. The lowest BCUT2D eigenvalue weighted by Crippen LogP contribution is -2.22. The van der Waals surface area contributed by atoms with Gasteiger partial charge in [0.05, 0.1) is 19.0 Å². The summed E-state index contributed by atoms with van der Waals surface area (Å²) in [5.41, 5.74) is 9.23. The Labute approximate surface area is 185 Å². The third-order valence-corrected chi connectivity index (χ3v) is 5.20. The molecule has 168 valence electrons. The monoisotopic (exact) mass is 438 g/mol. The Morgan fingerprint density at radius 1 is 1.22 bits per heavy atom. The number of hydrogen-bond donors (Lipinski definition) is 2. The molecule has 3 N–H and O–H groups in total. The molecular weight excluding hydrogens is 412 g/mol. The molecule has 0 aliphatic rings. The molecule has 0 fully saturated rings. The lowest BCUT2D eigenvalue weighted by Gasteiger charge is -2.15. The van der Waals surface area contributed by atoms with Crippen LogP contribution in [-0.2, 0) is 11.2 Å². The Morgan fingerprint density at radius 2 is 1.94 bits per heavy atom. The first-order chi connectivity index (χ1) is 15.1. The normalized spacial score (nSPS) is 10.8. The molecule has 0 spiro atoms. The summed E-state index contributed by atoms with van der Waals surface area (Å²) in [7, 11) is 4.81. The number of anilines is 1. The zero-order valence-corrected chi connectivity index (χ0v) is 18.7. The van der Waals surface area contributed by atoms with Crippen molar-refractivity contribution in [2.45, 2.75) is 26.7 Å². The topological polar surface area (TPSA) is 132 Å². The van der Waals surface area contributed by atoms with Crippen LogP contribution in [0.15, 0.2) is 24.4 Å². The predicted molar refractivity (Wildman–Crippen MR) is 119 cm³/mol. The molecule has 10 heteroatoms. The van der Waals surface area contributed by atoms with Crippen LogP contribution >= 0.6 is 0 Å². The van der Waals surface area contributed by atoms with Gasteiger partial charge in [-0.05, 0) is 44.0 Å². The maximum atomic E-state index is 12.7. The van der Waals surface area contributed by atoms with Gasteiger partial charge in [0.1, 0.15) is 11.3 Å². The molecule has 10 nitrogen and oxygen atoms in total. The molecule has 0 radical (unpaired) electrons. The summed E-state index contributed by atoms with van der Waals surface area (Å²) >= 11 is 0. The quantitative estimate of drug-likeness (QED) is 0.577. The maximum Gasteiger partial charge on any atom is 0.254 e. The van der Waals surface area contributed by atoms with Gasteiger partial charge < -0.3 is 20.7 Å². The Kier molecular flexibility index (Phi) is 6.42. The summed E-state index contributed by atoms with van der Waals surface area (Å²) < 4.78 is 6.87. The van der Waals surface area contributed by atoms with E-state index >= 15 is 0 Å². The lowest BCUT2D eigenvalue weighted by atomic mass is 10.1. The molecule has 0 saturated heterocycles. The Morgan fingerprint density at radius 3 is 2.56 bits per heavy atom. The first-order valence-electron chi connectivity index (χ1n) is 9.97. The van der Waals surface area contributed by atoms with Gasteiger partial charge in [-0.15, -0.1) is 0 Å². The zero-order valence-electron chi connectivity index (χ0n) is 18.7. The van der Waals surface area contributed by atoms with Crippen molar-refractivity contribution in [3.05, 3.63) is 52.5 Å². The number of primary amides is 1. The molecule has 0 bridgehead atoms. The average molecular weight is 438 g/mol. The molecule has 2 aromatic heterocycles. The standard InChI is InChI=1S/C22H26N6O4/c1-12-15(13(2)28-21(25-12)16(11-24-28)20(23)30)7-9-19(29)26-17-10-14(22(31)27(3)4)6-8-18(17)32-5/h6,8,10-11H,7,9H2,1-5H3,(H2,23,30)(H,26,29). The highest BCUT2D eigenvalue weighted by molar-refractivity contribution is 5.99. The Hall–Kier alpha value is -3.95. The van der Waals surface area contributed by atoms with Crippen molar-refractivity contribution in [3.63, 3.8) is 0 Å². The number of benzene rings is 1. The fourth-order valence-electron chi connectivity index (χ4n) is 3.49. The number of methoxy groups -OCH3 is 1. The second-order valence-corrected chi connectivity index (χ2v) is 7.58. The van der Waals surface area contributed by atoms with Crippen LogP contribution in [-0.4, -0.2) is 58.4 Å². The number of nitrogens with two attached hydrogens (primary N) is 1. The van der Waals surface area contributed by atoms with E-state index in [1.807, 2.05) is 13.8 Å². The number of fused-ring (bicyclic) bond motifs is 1. The Balaban J connectivity index is 1.79. The van der Waals surface area contributed by atoms with Crippen LogP contribution in [0.3, 0.4) is 0 Å². The molecule has 3 aromatic rings. The van der Waals surface area contributed by atoms with Gasteiger partial charge in [-0.1, -0.05) is 0 Å². The third kappa shape index (κ3) is 4.39. The number of aryl methyl sites for hydroxylation is 2. The maximum absolute atomic E-state index is 12.7. The number of nitrogens with one attached hydrogen (secondary N) is 1. The lowest BCUT2D eigenvalue weighted by molar-refractivity contribution is -0.116. The van der Waals surface area contributed by atoms with Gasteiger partial charge in [0.15, 0.2) is 5.65 Å². The molecule has 0 unspecified atom stereocenters. The van der Waals surface area contributed by atoms with E-state index in [1.165, 1.54) is 18.2 Å². The van der Waals surface area contributed by atoms with Gasteiger partial charge in [0.25, 0.3) is 11.8 Å². The van der Waals surface area contributed by atoms with Crippen molar-refractivity contribution >= 4 is 29.1 Å². The number of rotatable bonds is 7. The SMILES string of the molecule is COc1ccc(C(=O)N(C)C)cc1NC(=O)CCc1c(C)nc2c(C(N)=O)cnn2c1C. The van der Waals surface area contributed by atoms with E-state index in [0.29, 0.717) is 34.8 Å². The van der Waals surface area contributed by atoms with Crippen molar-refractivity contribution in [1.29, 1.82) is 0 Å². The van der Waals surface area contributed by atoms with Crippen LogP contribution in [0, 0.1) is 13.8 Å². The highest BCUT2D eigenvalue weighted by Gasteiger charge is 2.18. The molecule has 1 aromatic carbocycles. The molecular formula is C22H26N6O4. The van der Waals surface area contributed by atoms with Crippen LogP contribution in [0.2, 0.25) is 0 Å². The van der Waals surface area contributed by atoms with Crippen molar-refractivity contribution in [1.82, 2.24) is 19.5 Å². The molecule has 3 amide bonds. The van der Waals surface area contributed by atoms with Crippen molar-refractivity contribution in [2.75, 3.05) is 26.5 Å². The number of hydrogen-bond acceptors (Lipinski definition) is 6. The highest BCUT2D eigenvalue weighted by atomic mass is 16.5. The average Bonchev–Trinajstić information content (AvgIpc) is 3.17. The number of ether oxygens (including phenoxy) is 1. The van der Waals surface area contributed by atoms with Crippen LogP contribution in [0.1, 0.15) is 44.1 Å². The third-order valence-electron chi connectivity index (χ3n) is 5.20. The van der Waals surface area contributed by atoms with Gasteiger partial charge >= 0.3 is 0 Å². The second-order valence-electron chi connectivity index (χ2n) is 7.58. The predicted octanol–water partition coefficient (Wildman–Crippen LogP) is 1.73. The summed E-state index contributed by atoms with van der Waals surface area (Å²) in [6.07, 6.45) is 1.98. The van der Waals surface area contributed by atoms with Crippen LogP contribution in [0.4, 0.5) is 5.69 Å². The van der Waals surface area contributed by atoms with Gasteiger partial charge in [-0.25, -0.2) is 9.50 Å². The Bertz CT molecular complexity index is 1210.